The Morgan fingerprint density at radius 3 is 2.56 bits per heavy atom. The number of benzene rings is 1. The smallest absolute Gasteiger partial charge is 0.263 e. The number of thiazole rings is 1. The van der Waals surface area contributed by atoms with Gasteiger partial charge in [-0.05, 0) is 31.1 Å². The van der Waals surface area contributed by atoms with E-state index in [1.165, 1.54) is 30.0 Å². The zero-order chi connectivity index (χ0) is 18.1. The van der Waals surface area contributed by atoms with E-state index in [1.54, 1.807) is 11.0 Å². The van der Waals surface area contributed by atoms with E-state index in [-0.39, 0.29) is 11.8 Å². The first-order chi connectivity index (χ1) is 11.9. The fraction of sp³-hybridized carbons (Fsp3) is 0.176. The lowest BCUT2D eigenvalue weighted by molar-refractivity contribution is -0.116. The highest BCUT2D eigenvalue weighted by atomic mass is 32.2. The fourth-order valence-electron chi connectivity index (χ4n) is 2.55. The SMILES string of the molecule is CC(=O)N(c1nc(C=C2SC(=S)NC2=O)cs1)c1c(C)cccc1C. The van der Waals surface area contributed by atoms with E-state index >= 15 is 0 Å². The average Bonchev–Trinajstić information content (AvgIpc) is 3.10. The Morgan fingerprint density at radius 2 is 2.00 bits per heavy atom. The topological polar surface area (TPSA) is 62.3 Å². The van der Waals surface area contributed by atoms with Crippen LogP contribution in [0.25, 0.3) is 6.08 Å². The second-order valence-electron chi connectivity index (χ2n) is 5.50. The molecule has 2 aromatic rings. The van der Waals surface area contributed by atoms with Gasteiger partial charge in [0.2, 0.25) is 5.91 Å². The molecule has 1 saturated heterocycles. The fourth-order valence-corrected chi connectivity index (χ4v) is 4.41. The number of hydrogen-bond acceptors (Lipinski definition) is 6. The van der Waals surface area contributed by atoms with Crippen LogP contribution >= 0.6 is 35.3 Å². The van der Waals surface area contributed by atoms with E-state index < -0.39 is 0 Å². The molecule has 0 atom stereocenters. The molecule has 0 spiro atoms. The number of nitrogens with one attached hydrogen (secondary N) is 1. The molecule has 1 aromatic heterocycles. The third-order valence-corrected chi connectivity index (χ3v) is 5.61. The number of aromatic nitrogens is 1. The largest absolute Gasteiger partial charge is 0.307 e. The van der Waals surface area contributed by atoms with Crippen LogP contribution in [0.1, 0.15) is 23.7 Å². The highest BCUT2D eigenvalue weighted by molar-refractivity contribution is 8.26. The normalized spacial score (nSPS) is 15.6. The molecule has 1 fully saturated rings. The first kappa shape index (κ1) is 17.8. The Morgan fingerprint density at radius 1 is 1.32 bits per heavy atom. The zero-order valence-corrected chi connectivity index (χ0v) is 16.3. The monoisotopic (exact) mass is 389 g/mol. The maximum Gasteiger partial charge on any atom is 0.263 e. The Balaban J connectivity index is 1.99. The number of rotatable bonds is 3. The van der Waals surface area contributed by atoms with E-state index in [0.717, 1.165) is 16.8 Å². The molecule has 5 nitrogen and oxygen atoms in total. The molecule has 0 unspecified atom stereocenters. The average molecular weight is 390 g/mol. The number of anilines is 2. The van der Waals surface area contributed by atoms with Crippen LogP contribution in [-0.4, -0.2) is 21.1 Å². The van der Waals surface area contributed by atoms with Gasteiger partial charge in [0.15, 0.2) is 5.13 Å². The van der Waals surface area contributed by atoms with Crippen molar-refractivity contribution in [1.82, 2.24) is 10.3 Å². The molecule has 3 rings (SSSR count). The lowest BCUT2D eigenvalue weighted by Gasteiger charge is -2.22. The summed E-state index contributed by atoms with van der Waals surface area (Å²) in [6, 6.07) is 5.90. The van der Waals surface area contributed by atoms with Gasteiger partial charge in [-0.15, -0.1) is 11.3 Å². The summed E-state index contributed by atoms with van der Waals surface area (Å²) in [5, 5.41) is 4.97. The second kappa shape index (κ2) is 7.07. The van der Waals surface area contributed by atoms with Crippen molar-refractivity contribution in [3.05, 3.63) is 45.3 Å². The van der Waals surface area contributed by atoms with Gasteiger partial charge in [-0.3, -0.25) is 14.5 Å². The van der Waals surface area contributed by atoms with E-state index in [4.69, 9.17) is 12.2 Å². The summed E-state index contributed by atoms with van der Waals surface area (Å²) in [7, 11) is 0. The lowest BCUT2D eigenvalue weighted by atomic mass is 10.1. The lowest BCUT2D eigenvalue weighted by Crippen LogP contribution is -2.24. The summed E-state index contributed by atoms with van der Waals surface area (Å²) in [6.07, 6.45) is 1.68. The molecule has 1 aliphatic rings. The van der Waals surface area contributed by atoms with Crippen LogP contribution in [0.3, 0.4) is 0 Å². The Kier molecular flexibility index (Phi) is 5.03. The molecule has 0 aliphatic carbocycles. The molecule has 2 heterocycles. The minimum Gasteiger partial charge on any atom is -0.307 e. The number of aryl methyl sites for hydroxylation is 2. The first-order valence-corrected chi connectivity index (χ1v) is 9.54. The van der Waals surface area contributed by atoms with Gasteiger partial charge < -0.3 is 5.32 Å². The maximum absolute atomic E-state index is 12.3. The molecule has 1 aromatic carbocycles. The van der Waals surface area contributed by atoms with Crippen molar-refractivity contribution in [2.45, 2.75) is 20.8 Å². The zero-order valence-electron chi connectivity index (χ0n) is 13.8. The van der Waals surface area contributed by atoms with E-state index in [0.29, 0.717) is 20.1 Å². The highest BCUT2D eigenvalue weighted by Crippen LogP contribution is 2.34. The highest BCUT2D eigenvalue weighted by Gasteiger charge is 2.24. The number of nitrogens with zero attached hydrogens (tertiary/aromatic N) is 2. The number of carbonyl (C=O) groups excluding carboxylic acids is 2. The van der Waals surface area contributed by atoms with E-state index in [9.17, 15) is 9.59 Å². The molecule has 1 aliphatic heterocycles. The molecule has 0 saturated carbocycles. The second-order valence-corrected chi connectivity index (χ2v) is 8.06. The summed E-state index contributed by atoms with van der Waals surface area (Å²) < 4.78 is 0.438. The molecule has 1 N–H and O–H groups in total. The molecule has 2 amide bonds. The number of carbonyl (C=O) groups is 2. The van der Waals surface area contributed by atoms with Gasteiger partial charge in [-0.1, -0.05) is 42.2 Å². The van der Waals surface area contributed by atoms with Gasteiger partial charge in [0, 0.05) is 12.3 Å². The van der Waals surface area contributed by atoms with Crippen LogP contribution < -0.4 is 10.2 Å². The van der Waals surface area contributed by atoms with Gasteiger partial charge >= 0.3 is 0 Å². The Labute approximate surface area is 159 Å². The summed E-state index contributed by atoms with van der Waals surface area (Å²) in [6.45, 7) is 5.45. The summed E-state index contributed by atoms with van der Waals surface area (Å²) in [5.74, 6) is -0.331. The first-order valence-electron chi connectivity index (χ1n) is 7.44. The Hall–Kier alpha value is -2.03. The van der Waals surface area contributed by atoms with E-state index in [1.807, 2.05) is 37.4 Å². The van der Waals surface area contributed by atoms with Gasteiger partial charge in [0.05, 0.1) is 16.3 Å². The van der Waals surface area contributed by atoms with Crippen molar-refractivity contribution >= 4 is 68.3 Å². The van der Waals surface area contributed by atoms with Crippen molar-refractivity contribution in [1.29, 1.82) is 0 Å². The van der Waals surface area contributed by atoms with Crippen LogP contribution in [0.5, 0.6) is 0 Å². The molecular weight excluding hydrogens is 374 g/mol. The maximum atomic E-state index is 12.3. The summed E-state index contributed by atoms with van der Waals surface area (Å²) in [5.41, 5.74) is 3.47. The summed E-state index contributed by atoms with van der Waals surface area (Å²) >= 11 is 7.55. The van der Waals surface area contributed by atoms with E-state index in [2.05, 4.69) is 10.3 Å². The van der Waals surface area contributed by atoms with Crippen molar-refractivity contribution in [3.8, 4) is 0 Å². The van der Waals surface area contributed by atoms with Gasteiger partial charge in [-0.2, -0.15) is 0 Å². The summed E-state index contributed by atoms with van der Waals surface area (Å²) in [4.78, 5) is 30.7. The molecule has 128 valence electrons. The van der Waals surface area contributed by atoms with Crippen LogP contribution in [-0.2, 0) is 9.59 Å². The predicted octanol–water partition coefficient (Wildman–Crippen LogP) is 3.93. The standard InChI is InChI=1S/C17H15N3O2S3/c1-9-5-4-6-10(2)14(9)20(11(3)21)16-18-12(8-24-16)7-13-15(22)19-17(23)25-13/h4-8H,1-3H3,(H,19,22,23). The molecule has 8 heteroatoms. The van der Waals surface area contributed by atoms with Crippen LogP contribution in [0, 0.1) is 13.8 Å². The Bertz CT molecular complexity index is 897. The molecule has 25 heavy (non-hydrogen) atoms. The van der Waals surface area contributed by atoms with Crippen LogP contribution in [0.4, 0.5) is 10.8 Å². The van der Waals surface area contributed by atoms with Crippen LogP contribution in [0.2, 0.25) is 0 Å². The number of amides is 2. The number of thiocarbonyl (C=S) groups is 1. The predicted molar refractivity (Wildman–Crippen MR) is 107 cm³/mol. The van der Waals surface area contributed by atoms with Gasteiger partial charge in [0.1, 0.15) is 4.32 Å². The third-order valence-electron chi connectivity index (χ3n) is 3.60. The number of thioether (sulfide) groups is 1. The van der Waals surface area contributed by atoms with Crippen LogP contribution in [0.15, 0.2) is 28.5 Å². The van der Waals surface area contributed by atoms with Crippen molar-refractivity contribution in [2.75, 3.05) is 4.90 Å². The third kappa shape index (κ3) is 3.65. The number of hydrogen-bond donors (Lipinski definition) is 1. The molecule has 0 radical (unpaired) electrons. The van der Waals surface area contributed by atoms with Crippen molar-refractivity contribution < 1.29 is 9.59 Å². The van der Waals surface area contributed by atoms with Gasteiger partial charge in [-0.25, -0.2) is 4.98 Å². The van der Waals surface area contributed by atoms with Gasteiger partial charge in [0.25, 0.3) is 5.91 Å². The minimum absolute atomic E-state index is 0.111. The quantitative estimate of drug-likeness (QED) is 0.636. The van der Waals surface area contributed by atoms with Crippen molar-refractivity contribution in [2.24, 2.45) is 0 Å². The van der Waals surface area contributed by atoms with Crippen molar-refractivity contribution in [3.63, 3.8) is 0 Å². The molecule has 0 bridgehead atoms. The number of para-hydroxylation sites is 1. The molecular formula is C17H15N3O2S3. The minimum atomic E-state index is -0.220.